The van der Waals surface area contributed by atoms with E-state index in [0.29, 0.717) is 49.9 Å². The van der Waals surface area contributed by atoms with Gasteiger partial charge in [0.1, 0.15) is 17.9 Å². The van der Waals surface area contributed by atoms with Gasteiger partial charge in [0.25, 0.3) is 5.91 Å². The Kier molecular flexibility index (Phi) is 8.14. The molecular weight excluding hydrogens is 508 g/mol. The summed E-state index contributed by atoms with van der Waals surface area (Å²) in [6, 6.07) is 10.0. The van der Waals surface area contributed by atoms with Crippen LogP contribution in [0.3, 0.4) is 0 Å². The number of aliphatic hydroxyl groups is 1. The van der Waals surface area contributed by atoms with Crippen LogP contribution >= 0.6 is 11.3 Å². The number of nitrogen functional groups attached to an aromatic ring is 1. The summed E-state index contributed by atoms with van der Waals surface area (Å²) in [5.41, 5.74) is 13.5. The standard InChI is InChI=1S/C26H32N6O5S/c1-4-36-12-20-31-22-23(32(20)14-26(2,3)35)18-8-5-15(10-19(18)30-24(22)27)9-16-6-7-17(38-16)11-29-21(33)13-37-25(28)34/h5-8,10,35H,4,9,11-14H2,1-3H3,(H2,27,30)(H2,28,34)(H,29,33). The van der Waals surface area contributed by atoms with Gasteiger partial charge in [0.05, 0.1) is 29.7 Å². The van der Waals surface area contributed by atoms with Crippen LogP contribution in [0.4, 0.5) is 10.6 Å². The molecule has 0 aliphatic heterocycles. The molecule has 4 aromatic rings. The van der Waals surface area contributed by atoms with Crippen molar-refractivity contribution in [1.29, 1.82) is 0 Å². The second-order valence-electron chi connectivity index (χ2n) is 9.54. The van der Waals surface area contributed by atoms with Crippen molar-refractivity contribution in [3.63, 3.8) is 0 Å². The van der Waals surface area contributed by atoms with Crippen LogP contribution in [-0.4, -0.2) is 50.5 Å². The molecule has 11 nitrogen and oxygen atoms in total. The lowest BCUT2D eigenvalue weighted by molar-refractivity contribution is -0.124. The molecular formula is C26H32N6O5S. The first-order chi connectivity index (χ1) is 18.0. The molecule has 0 radical (unpaired) electrons. The van der Waals surface area contributed by atoms with Crippen molar-refractivity contribution in [2.75, 3.05) is 18.9 Å². The summed E-state index contributed by atoms with van der Waals surface area (Å²) in [4.78, 5) is 33.8. The Hall–Kier alpha value is -3.74. The maximum atomic E-state index is 11.7. The largest absolute Gasteiger partial charge is 0.440 e. The predicted octanol–water partition coefficient (Wildman–Crippen LogP) is 2.84. The number of rotatable bonds is 11. The third-order valence-electron chi connectivity index (χ3n) is 5.73. The van der Waals surface area contributed by atoms with E-state index >= 15 is 0 Å². The first-order valence-electron chi connectivity index (χ1n) is 12.2. The summed E-state index contributed by atoms with van der Waals surface area (Å²) < 4.78 is 12.1. The van der Waals surface area contributed by atoms with E-state index in [0.717, 1.165) is 31.7 Å². The quantitative estimate of drug-likeness (QED) is 0.225. The van der Waals surface area contributed by atoms with Gasteiger partial charge in [0.15, 0.2) is 12.4 Å². The van der Waals surface area contributed by atoms with Crippen molar-refractivity contribution in [2.24, 2.45) is 5.73 Å². The number of thiophene rings is 1. The van der Waals surface area contributed by atoms with Crippen LogP contribution in [0.25, 0.3) is 21.9 Å². The van der Waals surface area contributed by atoms with Crippen molar-refractivity contribution >= 4 is 51.1 Å². The van der Waals surface area contributed by atoms with Crippen molar-refractivity contribution < 1.29 is 24.2 Å². The molecule has 0 fully saturated rings. The third-order valence-corrected chi connectivity index (χ3v) is 6.81. The molecule has 3 heterocycles. The van der Waals surface area contributed by atoms with Gasteiger partial charge in [-0.25, -0.2) is 14.8 Å². The number of nitrogens with zero attached hydrogens (tertiary/aromatic N) is 3. The van der Waals surface area contributed by atoms with E-state index in [9.17, 15) is 14.7 Å². The monoisotopic (exact) mass is 540 g/mol. The van der Waals surface area contributed by atoms with Crippen LogP contribution in [0.5, 0.6) is 0 Å². The summed E-state index contributed by atoms with van der Waals surface area (Å²) in [5.74, 6) is 0.594. The molecule has 0 atom stereocenters. The van der Waals surface area contributed by atoms with E-state index in [2.05, 4.69) is 15.0 Å². The highest BCUT2D eigenvalue weighted by Crippen LogP contribution is 2.31. The Bertz CT molecular complexity index is 1470. The normalized spacial score (nSPS) is 11.8. The summed E-state index contributed by atoms with van der Waals surface area (Å²) in [6.45, 7) is 6.53. The SMILES string of the molecule is CCOCc1nc2c(N)nc3cc(Cc4ccc(CNC(=O)COC(N)=O)s4)ccc3c2n1CC(C)(C)O. The number of aromatic nitrogens is 3. The number of carbonyl (C=O) groups is 2. The number of imidazole rings is 1. The maximum Gasteiger partial charge on any atom is 0.405 e. The van der Waals surface area contributed by atoms with Gasteiger partial charge in [-0.05, 0) is 44.5 Å². The van der Waals surface area contributed by atoms with Gasteiger partial charge in [-0.3, -0.25) is 4.79 Å². The Morgan fingerprint density at radius 1 is 1.18 bits per heavy atom. The molecule has 0 spiro atoms. The van der Waals surface area contributed by atoms with Gasteiger partial charge in [-0.15, -0.1) is 11.3 Å². The highest BCUT2D eigenvalue weighted by atomic mass is 32.1. The summed E-state index contributed by atoms with van der Waals surface area (Å²) in [5, 5.41) is 14.2. The Labute approximate surface area is 223 Å². The van der Waals surface area contributed by atoms with Gasteiger partial charge in [-0.1, -0.05) is 12.1 Å². The number of primary amides is 1. The predicted molar refractivity (Wildman–Crippen MR) is 146 cm³/mol. The van der Waals surface area contributed by atoms with E-state index in [-0.39, 0.29) is 0 Å². The lowest BCUT2D eigenvalue weighted by atomic mass is 10.1. The number of amides is 2. The molecule has 0 aliphatic rings. The van der Waals surface area contributed by atoms with Gasteiger partial charge in [0.2, 0.25) is 0 Å². The lowest BCUT2D eigenvalue weighted by Gasteiger charge is -2.20. The highest BCUT2D eigenvalue weighted by molar-refractivity contribution is 7.12. The number of ether oxygens (including phenoxy) is 2. The zero-order chi connectivity index (χ0) is 27.4. The molecule has 3 aromatic heterocycles. The summed E-state index contributed by atoms with van der Waals surface area (Å²) >= 11 is 1.58. The smallest absolute Gasteiger partial charge is 0.405 e. The fourth-order valence-electron chi connectivity index (χ4n) is 4.16. The number of pyridine rings is 1. The van der Waals surface area contributed by atoms with Crippen molar-refractivity contribution in [3.05, 3.63) is 51.5 Å². The second kappa shape index (κ2) is 11.3. The fraction of sp³-hybridized carbons (Fsp3) is 0.385. The van der Waals surface area contributed by atoms with Crippen molar-refractivity contribution in [1.82, 2.24) is 19.9 Å². The number of benzene rings is 1. The zero-order valence-corrected chi connectivity index (χ0v) is 22.4. The molecule has 202 valence electrons. The zero-order valence-electron chi connectivity index (χ0n) is 21.6. The molecule has 0 aliphatic carbocycles. The topological polar surface area (TPSA) is 168 Å². The average Bonchev–Trinajstić information content (AvgIpc) is 3.44. The Morgan fingerprint density at radius 2 is 1.95 bits per heavy atom. The molecule has 0 bridgehead atoms. The molecule has 6 N–H and O–H groups in total. The minimum absolute atomic E-state index is 0.305. The molecule has 0 saturated carbocycles. The first-order valence-corrected chi connectivity index (χ1v) is 13.0. The first kappa shape index (κ1) is 27.3. The van der Waals surface area contributed by atoms with Crippen LogP contribution in [0.2, 0.25) is 0 Å². The van der Waals surface area contributed by atoms with E-state index in [1.807, 2.05) is 41.8 Å². The molecule has 2 amide bonds. The van der Waals surface area contributed by atoms with Crippen LogP contribution in [0.1, 0.15) is 41.9 Å². The van der Waals surface area contributed by atoms with E-state index in [4.69, 9.17) is 21.2 Å². The number of fused-ring (bicyclic) bond motifs is 3. The van der Waals surface area contributed by atoms with Crippen LogP contribution < -0.4 is 16.8 Å². The molecule has 12 heteroatoms. The van der Waals surface area contributed by atoms with Crippen LogP contribution in [0.15, 0.2) is 30.3 Å². The number of hydrogen-bond acceptors (Lipinski definition) is 9. The minimum atomic E-state index is -0.987. The lowest BCUT2D eigenvalue weighted by Crippen LogP contribution is -2.29. The van der Waals surface area contributed by atoms with Crippen molar-refractivity contribution in [3.8, 4) is 0 Å². The summed E-state index contributed by atoms with van der Waals surface area (Å²) in [7, 11) is 0. The minimum Gasteiger partial charge on any atom is -0.440 e. The molecule has 38 heavy (non-hydrogen) atoms. The maximum absolute atomic E-state index is 11.7. The van der Waals surface area contributed by atoms with Gasteiger partial charge in [-0.2, -0.15) is 0 Å². The number of hydrogen-bond donors (Lipinski definition) is 4. The number of carbonyl (C=O) groups excluding carboxylic acids is 2. The second-order valence-corrected chi connectivity index (χ2v) is 10.8. The fourth-order valence-corrected chi connectivity index (χ4v) is 5.15. The molecule has 1 aromatic carbocycles. The number of nitrogens with one attached hydrogen (secondary N) is 1. The highest BCUT2D eigenvalue weighted by Gasteiger charge is 2.22. The van der Waals surface area contributed by atoms with Crippen LogP contribution in [0, 0.1) is 0 Å². The third kappa shape index (κ3) is 6.57. The van der Waals surface area contributed by atoms with Crippen molar-refractivity contribution in [2.45, 2.75) is 52.5 Å². The summed E-state index contributed by atoms with van der Waals surface area (Å²) in [6.07, 6.45) is -0.309. The van der Waals surface area contributed by atoms with Gasteiger partial charge in [0, 0.05) is 28.2 Å². The molecule has 4 rings (SSSR count). The molecule has 0 unspecified atom stereocenters. The van der Waals surface area contributed by atoms with Gasteiger partial charge >= 0.3 is 6.09 Å². The van der Waals surface area contributed by atoms with E-state index in [1.165, 1.54) is 0 Å². The Balaban J connectivity index is 1.58. The number of anilines is 1. The van der Waals surface area contributed by atoms with Gasteiger partial charge < -0.3 is 35.9 Å². The van der Waals surface area contributed by atoms with Crippen LogP contribution in [-0.2, 0) is 40.4 Å². The van der Waals surface area contributed by atoms with E-state index < -0.39 is 24.2 Å². The average molecular weight is 541 g/mol. The number of nitrogens with two attached hydrogens (primary N) is 2. The Morgan fingerprint density at radius 3 is 2.66 bits per heavy atom. The molecule has 0 saturated heterocycles. The van der Waals surface area contributed by atoms with E-state index in [1.54, 1.807) is 25.2 Å².